The van der Waals surface area contributed by atoms with Crippen molar-refractivity contribution in [3.05, 3.63) is 60.2 Å². The molecule has 0 saturated heterocycles. The molecular weight excluding hydrogens is 341 g/mol. The molecule has 2 nitrogen and oxygen atoms in total. The Morgan fingerprint density at radius 2 is 1.95 bits per heavy atom. The van der Waals surface area contributed by atoms with Gasteiger partial charge >= 0.3 is 0 Å². The molecule has 1 aromatic rings. The predicted octanol–water partition coefficient (Wildman–Crippen LogP) is 5.07. The van der Waals surface area contributed by atoms with Gasteiger partial charge in [0, 0.05) is 10.9 Å². The molecule has 0 aromatic heterocycles. The molecule has 2 rings (SSSR count). The fourth-order valence-electron chi connectivity index (χ4n) is 2.96. The van der Waals surface area contributed by atoms with Gasteiger partial charge in [0.1, 0.15) is 4.33 Å². The number of hydrogen-bond acceptors (Lipinski definition) is 1. The zero-order chi connectivity index (χ0) is 16.5. The number of allylic oxidation sites excluding steroid dienone is 1. The maximum Gasteiger partial charge on any atom is 0.230 e. The molecular formula is C17H18Cl3NO. The van der Waals surface area contributed by atoms with Crippen molar-refractivity contribution in [2.75, 3.05) is 0 Å². The number of nitrogens with one attached hydrogen (secondary N) is 1. The van der Waals surface area contributed by atoms with E-state index in [0.29, 0.717) is 11.4 Å². The maximum absolute atomic E-state index is 12.8. The summed E-state index contributed by atoms with van der Waals surface area (Å²) < 4.78 is -1.11. The molecule has 1 aliphatic carbocycles. The lowest BCUT2D eigenvalue weighted by Crippen LogP contribution is -2.37. The van der Waals surface area contributed by atoms with E-state index >= 15 is 0 Å². The maximum atomic E-state index is 12.8. The summed E-state index contributed by atoms with van der Waals surface area (Å²) in [4.78, 5) is 12.8. The lowest BCUT2D eigenvalue weighted by Gasteiger charge is -2.21. The highest BCUT2D eigenvalue weighted by molar-refractivity contribution is 6.53. The molecule has 118 valence electrons. The molecule has 0 bridgehead atoms. The van der Waals surface area contributed by atoms with Crippen LogP contribution in [0.4, 0.5) is 0 Å². The van der Waals surface area contributed by atoms with Crippen LogP contribution in [0.15, 0.2) is 49.6 Å². The molecule has 0 radical (unpaired) electrons. The fourth-order valence-corrected chi connectivity index (χ4v) is 4.20. The lowest BCUT2D eigenvalue weighted by atomic mass is 9.97. The molecule has 0 spiro atoms. The summed E-state index contributed by atoms with van der Waals surface area (Å²) in [6, 6.07) is 6.90. The van der Waals surface area contributed by atoms with Gasteiger partial charge in [-0.1, -0.05) is 66.0 Å². The first-order valence-electron chi connectivity index (χ1n) is 7.04. The van der Waals surface area contributed by atoms with E-state index in [9.17, 15) is 4.79 Å². The van der Waals surface area contributed by atoms with E-state index in [0.717, 1.165) is 5.56 Å². The molecule has 22 heavy (non-hydrogen) atoms. The molecule has 1 N–H and O–H groups in total. The van der Waals surface area contributed by atoms with E-state index in [1.807, 2.05) is 19.1 Å². The number of hydrogen-bond donors (Lipinski definition) is 1. The van der Waals surface area contributed by atoms with E-state index in [4.69, 9.17) is 34.8 Å². The third-order valence-corrected chi connectivity index (χ3v) is 5.78. The Hall–Kier alpha value is -0.960. The normalized spacial score (nSPS) is 26.8. The van der Waals surface area contributed by atoms with Crippen molar-refractivity contribution in [1.29, 1.82) is 0 Å². The minimum absolute atomic E-state index is 0.190. The molecule has 0 aliphatic heterocycles. The molecule has 1 saturated carbocycles. The molecule has 5 heteroatoms. The zero-order valence-corrected chi connectivity index (χ0v) is 14.6. The van der Waals surface area contributed by atoms with Crippen LogP contribution in [0.3, 0.4) is 0 Å². The number of carbonyl (C=O) groups excluding carboxylic acids is 1. The topological polar surface area (TPSA) is 29.1 Å². The molecule has 0 heterocycles. The van der Waals surface area contributed by atoms with Gasteiger partial charge in [0.2, 0.25) is 5.91 Å². The predicted molar refractivity (Wildman–Crippen MR) is 93.4 cm³/mol. The highest BCUT2D eigenvalue weighted by Gasteiger charge is 2.77. The van der Waals surface area contributed by atoms with Crippen molar-refractivity contribution in [2.24, 2.45) is 11.3 Å². The van der Waals surface area contributed by atoms with Gasteiger partial charge in [-0.25, -0.2) is 0 Å². The molecule has 1 amide bonds. The quantitative estimate of drug-likeness (QED) is 0.558. The Morgan fingerprint density at radius 3 is 2.36 bits per heavy atom. The molecule has 3 unspecified atom stereocenters. The van der Waals surface area contributed by atoms with Crippen LogP contribution >= 0.6 is 34.8 Å². The third-order valence-electron chi connectivity index (χ3n) is 4.38. The molecule has 1 aliphatic rings. The summed E-state index contributed by atoms with van der Waals surface area (Å²) in [6.45, 7) is 9.41. The Balaban J connectivity index is 2.21. The van der Waals surface area contributed by atoms with Crippen molar-refractivity contribution in [3.8, 4) is 0 Å². The summed E-state index contributed by atoms with van der Waals surface area (Å²) in [5.74, 6) is -0.450. The SMILES string of the molecule is C=CC(NC(=O)C1(CC)C(C=C)C1(Cl)Cl)c1ccc(Cl)cc1. The second-order valence-corrected chi connectivity index (χ2v) is 7.22. The van der Waals surface area contributed by atoms with Gasteiger partial charge in [0.05, 0.1) is 11.5 Å². The smallest absolute Gasteiger partial charge is 0.230 e. The van der Waals surface area contributed by atoms with E-state index in [-0.39, 0.29) is 17.9 Å². The number of halogens is 3. The summed E-state index contributed by atoms with van der Waals surface area (Å²) >= 11 is 18.5. The van der Waals surface area contributed by atoms with Gasteiger partial charge in [-0.05, 0) is 24.1 Å². The standard InChI is InChI=1S/C17H18Cl3NO/c1-4-13(11-7-9-12(18)10-8-11)21-15(22)16(6-3)14(5-2)17(16,19)20/h4-5,7-10,13-14H,1-2,6H2,3H3,(H,21,22). The summed E-state index contributed by atoms with van der Waals surface area (Å²) in [7, 11) is 0. The highest BCUT2D eigenvalue weighted by Crippen LogP contribution is 2.71. The summed E-state index contributed by atoms with van der Waals surface area (Å²) in [6.07, 6.45) is 3.85. The van der Waals surface area contributed by atoms with E-state index < -0.39 is 9.75 Å². The largest absolute Gasteiger partial charge is 0.345 e. The summed E-state index contributed by atoms with van der Waals surface area (Å²) in [5, 5.41) is 3.60. The van der Waals surface area contributed by atoms with Crippen LogP contribution in [0.5, 0.6) is 0 Å². The second kappa shape index (κ2) is 6.27. The zero-order valence-electron chi connectivity index (χ0n) is 12.3. The van der Waals surface area contributed by atoms with Crippen molar-refractivity contribution >= 4 is 40.7 Å². The van der Waals surface area contributed by atoms with Crippen molar-refractivity contribution < 1.29 is 4.79 Å². The van der Waals surface area contributed by atoms with Gasteiger partial charge in [-0.15, -0.1) is 13.2 Å². The van der Waals surface area contributed by atoms with Gasteiger partial charge in [-0.2, -0.15) is 0 Å². The molecule has 3 atom stereocenters. The van der Waals surface area contributed by atoms with Crippen LogP contribution in [0.1, 0.15) is 24.9 Å². The van der Waals surface area contributed by atoms with Crippen LogP contribution in [0.25, 0.3) is 0 Å². The first kappa shape index (κ1) is 17.4. The highest BCUT2D eigenvalue weighted by atomic mass is 35.5. The number of alkyl halides is 2. The molecule has 1 fully saturated rings. The van der Waals surface area contributed by atoms with Crippen LogP contribution in [0.2, 0.25) is 5.02 Å². The monoisotopic (exact) mass is 357 g/mol. The Kier molecular flexibility index (Phi) is 4.96. The Morgan fingerprint density at radius 1 is 1.36 bits per heavy atom. The Bertz CT molecular complexity index is 596. The van der Waals surface area contributed by atoms with Gasteiger partial charge in [-0.3, -0.25) is 4.79 Å². The fraction of sp³-hybridized carbons (Fsp3) is 0.353. The summed E-state index contributed by atoms with van der Waals surface area (Å²) in [5.41, 5.74) is 0.0514. The van der Waals surface area contributed by atoms with Crippen LogP contribution in [0, 0.1) is 11.3 Å². The van der Waals surface area contributed by atoms with Gasteiger partial charge in [0.25, 0.3) is 0 Å². The lowest BCUT2D eigenvalue weighted by molar-refractivity contribution is -0.127. The van der Waals surface area contributed by atoms with E-state index in [1.54, 1.807) is 24.3 Å². The van der Waals surface area contributed by atoms with Crippen molar-refractivity contribution in [3.63, 3.8) is 0 Å². The minimum atomic E-state index is -1.11. The number of rotatable bonds is 6. The average Bonchev–Trinajstić information content (AvgIpc) is 3.01. The Labute approximate surface area is 146 Å². The van der Waals surface area contributed by atoms with E-state index in [1.165, 1.54) is 0 Å². The van der Waals surface area contributed by atoms with Crippen molar-refractivity contribution in [1.82, 2.24) is 5.32 Å². The van der Waals surface area contributed by atoms with Crippen LogP contribution in [-0.4, -0.2) is 10.2 Å². The van der Waals surface area contributed by atoms with Gasteiger partial charge < -0.3 is 5.32 Å². The first-order valence-corrected chi connectivity index (χ1v) is 8.17. The minimum Gasteiger partial charge on any atom is -0.345 e. The van der Waals surface area contributed by atoms with Crippen LogP contribution < -0.4 is 5.32 Å². The van der Waals surface area contributed by atoms with E-state index in [2.05, 4.69) is 18.5 Å². The number of benzene rings is 1. The molecule has 1 aromatic carbocycles. The number of carbonyl (C=O) groups is 1. The third kappa shape index (κ3) is 2.58. The number of amides is 1. The van der Waals surface area contributed by atoms with Gasteiger partial charge in [0.15, 0.2) is 0 Å². The first-order chi connectivity index (χ1) is 10.3. The second-order valence-electron chi connectivity index (χ2n) is 5.40. The van der Waals surface area contributed by atoms with Crippen molar-refractivity contribution in [2.45, 2.75) is 23.7 Å². The average molecular weight is 359 g/mol. The van der Waals surface area contributed by atoms with Crippen LogP contribution in [-0.2, 0) is 4.79 Å².